The average Bonchev–Trinajstić information content (AvgIpc) is 3.30. The molecule has 4 rings (SSSR count). The number of fused-ring (bicyclic) bond motifs is 1. The van der Waals surface area contributed by atoms with Crippen LogP contribution in [0.3, 0.4) is 0 Å². The highest BCUT2D eigenvalue weighted by Gasteiger charge is 2.13. The normalized spacial score (nSPS) is 10.6. The van der Waals surface area contributed by atoms with Gasteiger partial charge in [-0.25, -0.2) is 4.98 Å². The number of amides is 1. The molecule has 0 aliphatic carbocycles. The fourth-order valence-electron chi connectivity index (χ4n) is 2.54. The van der Waals surface area contributed by atoms with Gasteiger partial charge in [0.25, 0.3) is 5.91 Å². The van der Waals surface area contributed by atoms with Crippen LogP contribution in [-0.2, 0) is 0 Å². The van der Waals surface area contributed by atoms with Gasteiger partial charge in [-0.3, -0.25) is 9.89 Å². The predicted octanol–water partition coefficient (Wildman–Crippen LogP) is 4.00. The molecule has 3 aromatic heterocycles. The number of carbonyl (C=O) groups excluding carboxylic acids is 1. The van der Waals surface area contributed by atoms with Gasteiger partial charge in [-0.15, -0.1) is 0 Å². The van der Waals surface area contributed by atoms with E-state index in [1.54, 1.807) is 18.6 Å². The summed E-state index contributed by atoms with van der Waals surface area (Å²) in [5.41, 5.74) is 3.31. The lowest BCUT2D eigenvalue weighted by Crippen LogP contribution is -2.13. The van der Waals surface area contributed by atoms with E-state index in [0.29, 0.717) is 5.69 Å². The molecule has 26 heavy (non-hydrogen) atoms. The zero-order chi connectivity index (χ0) is 18.1. The number of H-pyrrole nitrogens is 1. The van der Waals surface area contributed by atoms with Gasteiger partial charge < -0.3 is 9.73 Å². The van der Waals surface area contributed by atoms with Crippen LogP contribution in [0.2, 0.25) is 5.02 Å². The molecule has 7 nitrogen and oxygen atoms in total. The third-order valence-electron chi connectivity index (χ3n) is 3.82. The van der Waals surface area contributed by atoms with Gasteiger partial charge >= 0.3 is 0 Å². The minimum absolute atomic E-state index is 0.122. The summed E-state index contributed by atoms with van der Waals surface area (Å²) in [6, 6.07) is 10.5. The summed E-state index contributed by atoms with van der Waals surface area (Å²) < 4.78 is 5.10. The quantitative estimate of drug-likeness (QED) is 0.572. The van der Waals surface area contributed by atoms with Crippen LogP contribution in [-0.4, -0.2) is 21.1 Å². The molecule has 2 N–H and O–H groups in total. The molecule has 4 aromatic rings. The highest BCUT2D eigenvalue weighted by molar-refractivity contribution is 6.32. The van der Waals surface area contributed by atoms with E-state index in [0.717, 1.165) is 22.2 Å². The van der Waals surface area contributed by atoms with Crippen molar-refractivity contribution in [3.8, 4) is 17.3 Å². The maximum atomic E-state index is 12.4. The van der Waals surface area contributed by atoms with E-state index in [1.807, 2.05) is 24.3 Å². The van der Waals surface area contributed by atoms with Crippen LogP contribution in [0.4, 0.5) is 5.69 Å². The van der Waals surface area contributed by atoms with E-state index in [9.17, 15) is 4.79 Å². The van der Waals surface area contributed by atoms with Crippen LogP contribution in [0.25, 0.3) is 22.2 Å². The first-order chi connectivity index (χ1) is 12.7. The number of pyridine rings is 1. The molecule has 0 atom stereocenters. The number of carbonyl (C=O) groups is 1. The number of benzene rings is 1. The van der Waals surface area contributed by atoms with Crippen molar-refractivity contribution in [3.63, 3.8) is 0 Å². The summed E-state index contributed by atoms with van der Waals surface area (Å²) in [5.74, 6) is -0.427. The maximum Gasteiger partial charge on any atom is 0.274 e. The van der Waals surface area contributed by atoms with Crippen molar-refractivity contribution >= 4 is 34.1 Å². The third kappa shape index (κ3) is 2.79. The van der Waals surface area contributed by atoms with Crippen LogP contribution in [0.1, 0.15) is 16.1 Å². The summed E-state index contributed by atoms with van der Waals surface area (Å²) >= 11 is 5.95. The first-order valence-electron chi connectivity index (χ1n) is 7.53. The molecule has 0 saturated heterocycles. The average molecular weight is 364 g/mol. The van der Waals surface area contributed by atoms with E-state index in [-0.39, 0.29) is 16.3 Å². The number of hydrogen-bond donors (Lipinski definition) is 2. The van der Waals surface area contributed by atoms with Crippen molar-refractivity contribution < 1.29 is 9.21 Å². The Balaban J connectivity index is 1.65. The molecule has 0 aliphatic rings. The number of halogens is 1. The topological polar surface area (TPSA) is 108 Å². The molecule has 0 saturated carbocycles. The summed E-state index contributed by atoms with van der Waals surface area (Å²) in [6.45, 7) is 0. The second-order valence-electron chi connectivity index (χ2n) is 5.46. The van der Waals surface area contributed by atoms with Crippen molar-refractivity contribution in [3.05, 3.63) is 65.3 Å². The summed E-state index contributed by atoms with van der Waals surface area (Å²) in [4.78, 5) is 16.4. The van der Waals surface area contributed by atoms with E-state index in [2.05, 4.69) is 20.5 Å². The van der Waals surface area contributed by atoms with Crippen molar-refractivity contribution in [1.82, 2.24) is 15.2 Å². The largest absolute Gasteiger partial charge is 0.472 e. The lowest BCUT2D eigenvalue weighted by Gasteiger charge is -2.06. The van der Waals surface area contributed by atoms with Crippen LogP contribution >= 0.6 is 11.6 Å². The monoisotopic (exact) mass is 363 g/mol. The molecular weight excluding hydrogens is 354 g/mol. The molecule has 0 fully saturated rings. The second-order valence-corrected chi connectivity index (χ2v) is 5.87. The Morgan fingerprint density at radius 1 is 1.31 bits per heavy atom. The van der Waals surface area contributed by atoms with Gasteiger partial charge in [0.15, 0.2) is 0 Å². The van der Waals surface area contributed by atoms with Gasteiger partial charge in [-0.1, -0.05) is 11.6 Å². The first kappa shape index (κ1) is 15.9. The van der Waals surface area contributed by atoms with E-state index >= 15 is 0 Å². The minimum atomic E-state index is -0.427. The van der Waals surface area contributed by atoms with Crippen LogP contribution in [0.5, 0.6) is 0 Å². The number of nitrogens with one attached hydrogen (secondary N) is 2. The third-order valence-corrected chi connectivity index (χ3v) is 4.13. The van der Waals surface area contributed by atoms with Crippen molar-refractivity contribution in [2.75, 3.05) is 5.32 Å². The van der Waals surface area contributed by atoms with E-state index in [1.165, 1.54) is 12.3 Å². The molecule has 1 amide bonds. The smallest absolute Gasteiger partial charge is 0.274 e. The first-order valence-corrected chi connectivity index (χ1v) is 7.91. The highest BCUT2D eigenvalue weighted by atomic mass is 35.5. The van der Waals surface area contributed by atoms with Crippen molar-refractivity contribution in [2.24, 2.45) is 0 Å². The Morgan fingerprint density at radius 2 is 2.19 bits per heavy atom. The number of hydrogen-bond acceptors (Lipinski definition) is 5. The summed E-state index contributed by atoms with van der Waals surface area (Å²) in [5, 5.41) is 19.9. The fourth-order valence-corrected chi connectivity index (χ4v) is 2.74. The Hall–Kier alpha value is -3.63. The number of aromatic amines is 1. The highest BCUT2D eigenvalue weighted by Crippen LogP contribution is 2.29. The molecule has 0 radical (unpaired) electrons. The lowest BCUT2D eigenvalue weighted by molar-refractivity contribution is 0.102. The summed E-state index contributed by atoms with van der Waals surface area (Å²) in [6.07, 6.45) is 4.44. The maximum absolute atomic E-state index is 12.4. The number of nitrogens with zero attached hydrogens (tertiary/aromatic N) is 3. The Kier molecular flexibility index (Phi) is 3.88. The van der Waals surface area contributed by atoms with Gasteiger partial charge in [-0.05, 0) is 30.3 Å². The van der Waals surface area contributed by atoms with Crippen LogP contribution in [0, 0.1) is 11.3 Å². The fraction of sp³-hybridized carbons (Fsp3) is 0. The van der Waals surface area contributed by atoms with Crippen LogP contribution in [0.15, 0.2) is 53.5 Å². The van der Waals surface area contributed by atoms with Crippen molar-refractivity contribution in [2.45, 2.75) is 0 Å². The predicted molar refractivity (Wildman–Crippen MR) is 95.7 cm³/mol. The number of anilines is 1. The Labute approximate surface area is 152 Å². The second kappa shape index (κ2) is 6.35. The number of nitriles is 1. The van der Waals surface area contributed by atoms with Gasteiger partial charge in [0, 0.05) is 22.8 Å². The van der Waals surface area contributed by atoms with Crippen molar-refractivity contribution in [1.29, 1.82) is 5.26 Å². The van der Waals surface area contributed by atoms with Crippen LogP contribution < -0.4 is 5.32 Å². The van der Waals surface area contributed by atoms with Gasteiger partial charge in [0.2, 0.25) is 0 Å². The molecular formula is C18H10ClN5O2. The molecule has 0 unspecified atom stereocenters. The molecule has 0 aliphatic heterocycles. The minimum Gasteiger partial charge on any atom is -0.472 e. The molecule has 1 aromatic carbocycles. The number of rotatable bonds is 3. The molecule has 8 heteroatoms. The Bertz CT molecular complexity index is 1160. The number of furan rings is 1. The van der Waals surface area contributed by atoms with Gasteiger partial charge in [0.1, 0.15) is 17.5 Å². The van der Waals surface area contributed by atoms with E-state index < -0.39 is 5.91 Å². The lowest BCUT2D eigenvalue weighted by atomic mass is 10.1. The van der Waals surface area contributed by atoms with Gasteiger partial charge in [-0.2, -0.15) is 10.4 Å². The molecule has 0 spiro atoms. The number of aromatic nitrogens is 3. The molecule has 0 bridgehead atoms. The van der Waals surface area contributed by atoms with Gasteiger partial charge in [0.05, 0.1) is 28.6 Å². The molecule has 3 heterocycles. The Morgan fingerprint density at radius 3 is 2.92 bits per heavy atom. The molecule has 126 valence electrons. The standard InChI is InChI=1S/C18H10ClN5O2/c19-14-6-16(21-8-11(14)7-20)18(25)22-12-1-2-15-13(5-12)17(24-23-15)10-3-4-26-9-10/h1-6,8-9H,(H,22,25)(H,23,24). The zero-order valence-electron chi connectivity index (χ0n) is 13.2. The summed E-state index contributed by atoms with van der Waals surface area (Å²) in [7, 11) is 0. The zero-order valence-corrected chi connectivity index (χ0v) is 13.9. The van der Waals surface area contributed by atoms with E-state index in [4.69, 9.17) is 21.3 Å². The SMILES string of the molecule is N#Cc1cnc(C(=O)Nc2ccc3[nH]nc(-c4ccoc4)c3c2)cc1Cl.